The van der Waals surface area contributed by atoms with Crippen LogP contribution in [0.3, 0.4) is 0 Å². The molecule has 0 radical (unpaired) electrons. The third-order valence-corrected chi connectivity index (χ3v) is 5.19. The maximum absolute atomic E-state index is 12.5. The first kappa shape index (κ1) is 14.6. The standard InChI is InChI=1S/C16H19N5OS/c22-15(20-16-19-13(10-23-16)11-3-4-11)12-2-1-7-21(9-12)14-8-17-5-6-18-14/h5-6,8,10-12H,1-4,7,9H2,(H,19,20,22)/t12-/m0/s1. The van der Waals surface area contributed by atoms with Gasteiger partial charge >= 0.3 is 0 Å². The van der Waals surface area contributed by atoms with Gasteiger partial charge in [0.15, 0.2) is 5.13 Å². The summed E-state index contributed by atoms with van der Waals surface area (Å²) in [5.74, 6) is 1.50. The van der Waals surface area contributed by atoms with Gasteiger partial charge in [0.05, 0.1) is 17.8 Å². The molecule has 0 bridgehead atoms. The van der Waals surface area contributed by atoms with E-state index in [1.54, 1.807) is 18.6 Å². The van der Waals surface area contributed by atoms with E-state index in [1.165, 1.54) is 24.2 Å². The Balaban J connectivity index is 1.39. The lowest BCUT2D eigenvalue weighted by Crippen LogP contribution is -2.41. The second-order valence-electron chi connectivity index (χ2n) is 6.19. The van der Waals surface area contributed by atoms with E-state index in [2.05, 4.69) is 30.5 Å². The molecule has 0 spiro atoms. The SMILES string of the molecule is O=C(Nc1nc(C2CC2)cs1)[C@H]1CCCN(c2cnccn2)C1. The molecule has 1 N–H and O–H groups in total. The average Bonchev–Trinajstić information content (AvgIpc) is 3.36. The molecule has 23 heavy (non-hydrogen) atoms. The maximum Gasteiger partial charge on any atom is 0.231 e. The molecular weight excluding hydrogens is 310 g/mol. The van der Waals surface area contributed by atoms with Gasteiger partial charge in [0.2, 0.25) is 5.91 Å². The van der Waals surface area contributed by atoms with Crippen LogP contribution < -0.4 is 10.2 Å². The van der Waals surface area contributed by atoms with Crippen molar-refractivity contribution in [2.24, 2.45) is 5.92 Å². The van der Waals surface area contributed by atoms with Gasteiger partial charge in [-0.25, -0.2) is 9.97 Å². The van der Waals surface area contributed by atoms with E-state index in [0.29, 0.717) is 12.5 Å². The van der Waals surface area contributed by atoms with Gasteiger partial charge < -0.3 is 10.2 Å². The Bertz CT molecular complexity index is 685. The van der Waals surface area contributed by atoms with Crippen LogP contribution in [0.1, 0.15) is 37.3 Å². The largest absolute Gasteiger partial charge is 0.355 e. The molecule has 7 heteroatoms. The Morgan fingerprint density at radius 2 is 2.22 bits per heavy atom. The van der Waals surface area contributed by atoms with Crippen molar-refractivity contribution >= 4 is 28.2 Å². The molecule has 6 nitrogen and oxygen atoms in total. The van der Waals surface area contributed by atoms with Gasteiger partial charge in [-0.3, -0.25) is 9.78 Å². The van der Waals surface area contributed by atoms with Gasteiger partial charge in [-0.1, -0.05) is 0 Å². The first-order valence-electron chi connectivity index (χ1n) is 8.07. The summed E-state index contributed by atoms with van der Waals surface area (Å²) in [7, 11) is 0. The summed E-state index contributed by atoms with van der Waals surface area (Å²) >= 11 is 1.53. The fourth-order valence-electron chi connectivity index (χ4n) is 2.97. The molecule has 1 aliphatic carbocycles. The van der Waals surface area contributed by atoms with E-state index in [4.69, 9.17) is 0 Å². The number of anilines is 2. The predicted molar refractivity (Wildman–Crippen MR) is 89.7 cm³/mol. The zero-order valence-corrected chi connectivity index (χ0v) is 13.6. The first-order valence-corrected chi connectivity index (χ1v) is 8.95. The Hall–Kier alpha value is -2.02. The molecule has 2 aromatic heterocycles. The van der Waals surface area contributed by atoms with E-state index in [0.717, 1.165) is 36.0 Å². The summed E-state index contributed by atoms with van der Waals surface area (Å²) in [6.45, 7) is 1.61. The highest BCUT2D eigenvalue weighted by Crippen LogP contribution is 2.41. The van der Waals surface area contributed by atoms with Crippen molar-refractivity contribution in [3.8, 4) is 0 Å². The van der Waals surface area contributed by atoms with Crippen LogP contribution >= 0.6 is 11.3 Å². The molecule has 120 valence electrons. The molecule has 4 rings (SSSR count). The minimum atomic E-state index is -0.0287. The summed E-state index contributed by atoms with van der Waals surface area (Å²) in [6.07, 6.45) is 9.46. The van der Waals surface area contributed by atoms with Crippen LogP contribution in [0.25, 0.3) is 0 Å². The van der Waals surface area contributed by atoms with E-state index in [1.807, 2.05) is 0 Å². The second-order valence-corrected chi connectivity index (χ2v) is 7.05. The number of hydrogen-bond acceptors (Lipinski definition) is 6. The van der Waals surface area contributed by atoms with E-state index >= 15 is 0 Å². The van der Waals surface area contributed by atoms with Gasteiger partial charge in [0.25, 0.3) is 0 Å². The Kier molecular flexibility index (Phi) is 3.95. The Morgan fingerprint density at radius 1 is 1.30 bits per heavy atom. The van der Waals surface area contributed by atoms with Crippen LogP contribution in [0.4, 0.5) is 10.9 Å². The van der Waals surface area contributed by atoms with Gasteiger partial charge in [0, 0.05) is 36.8 Å². The smallest absolute Gasteiger partial charge is 0.231 e. The fourth-order valence-corrected chi connectivity index (χ4v) is 3.77. The van der Waals surface area contributed by atoms with Crippen LogP contribution in [0.2, 0.25) is 0 Å². The first-order chi connectivity index (χ1) is 11.3. The molecule has 0 unspecified atom stereocenters. The summed E-state index contributed by atoms with van der Waals surface area (Å²) in [5.41, 5.74) is 1.13. The number of amides is 1. The van der Waals surface area contributed by atoms with E-state index in [9.17, 15) is 4.79 Å². The van der Waals surface area contributed by atoms with Crippen LogP contribution in [-0.4, -0.2) is 33.9 Å². The number of aromatic nitrogens is 3. The summed E-state index contributed by atoms with van der Waals surface area (Å²) in [5, 5.41) is 5.79. The molecule has 1 atom stereocenters. The Labute approximate surface area is 139 Å². The zero-order chi connectivity index (χ0) is 15.6. The maximum atomic E-state index is 12.5. The van der Waals surface area contributed by atoms with Crippen molar-refractivity contribution in [2.45, 2.75) is 31.6 Å². The number of nitrogens with zero attached hydrogens (tertiary/aromatic N) is 4. The van der Waals surface area contributed by atoms with Crippen molar-refractivity contribution in [1.82, 2.24) is 15.0 Å². The average molecular weight is 329 g/mol. The zero-order valence-electron chi connectivity index (χ0n) is 12.8. The molecule has 0 aromatic carbocycles. The lowest BCUT2D eigenvalue weighted by atomic mass is 9.97. The molecule has 2 aromatic rings. The summed E-state index contributed by atoms with van der Waals surface area (Å²) < 4.78 is 0. The lowest BCUT2D eigenvalue weighted by Gasteiger charge is -2.32. The normalized spacial score (nSPS) is 21.2. The fraction of sp³-hybridized carbons (Fsp3) is 0.500. The second kappa shape index (κ2) is 6.23. The van der Waals surface area contributed by atoms with Crippen molar-refractivity contribution < 1.29 is 4.79 Å². The Morgan fingerprint density at radius 3 is 3.00 bits per heavy atom. The lowest BCUT2D eigenvalue weighted by molar-refractivity contribution is -0.120. The minimum Gasteiger partial charge on any atom is -0.355 e. The van der Waals surface area contributed by atoms with Gasteiger partial charge in [-0.15, -0.1) is 11.3 Å². The number of rotatable bonds is 4. The molecule has 2 aliphatic rings. The number of thiazole rings is 1. The highest BCUT2D eigenvalue weighted by atomic mass is 32.1. The molecule has 1 saturated heterocycles. The van der Waals surface area contributed by atoms with Crippen LogP contribution in [0.5, 0.6) is 0 Å². The molecule has 1 amide bonds. The van der Waals surface area contributed by atoms with Crippen LogP contribution in [-0.2, 0) is 4.79 Å². The number of carbonyl (C=O) groups is 1. The highest BCUT2D eigenvalue weighted by Gasteiger charge is 2.29. The topological polar surface area (TPSA) is 71.0 Å². The van der Waals surface area contributed by atoms with Crippen molar-refractivity contribution in [1.29, 1.82) is 0 Å². The molecule has 3 heterocycles. The van der Waals surface area contributed by atoms with Crippen molar-refractivity contribution in [2.75, 3.05) is 23.3 Å². The van der Waals surface area contributed by atoms with Crippen molar-refractivity contribution in [3.63, 3.8) is 0 Å². The quantitative estimate of drug-likeness (QED) is 0.934. The van der Waals surface area contributed by atoms with Gasteiger partial charge in [-0.05, 0) is 25.7 Å². The number of hydrogen-bond donors (Lipinski definition) is 1. The van der Waals surface area contributed by atoms with E-state index in [-0.39, 0.29) is 11.8 Å². The molecule has 1 saturated carbocycles. The predicted octanol–water partition coefficient (Wildman–Crippen LogP) is 2.67. The van der Waals surface area contributed by atoms with E-state index < -0.39 is 0 Å². The molecular formula is C16H19N5OS. The summed E-state index contributed by atoms with van der Waals surface area (Å²) in [4.78, 5) is 27.6. The van der Waals surface area contributed by atoms with Crippen LogP contribution in [0, 0.1) is 5.92 Å². The number of carbonyl (C=O) groups excluding carboxylic acids is 1. The summed E-state index contributed by atoms with van der Waals surface area (Å²) in [6, 6.07) is 0. The number of nitrogens with one attached hydrogen (secondary N) is 1. The van der Waals surface area contributed by atoms with Gasteiger partial charge in [0.1, 0.15) is 5.82 Å². The molecule has 2 fully saturated rings. The number of piperidine rings is 1. The molecule has 1 aliphatic heterocycles. The van der Waals surface area contributed by atoms with Gasteiger partial charge in [-0.2, -0.15) is 0 Å². The highest BCUT2D eigenvalue weighted by molar-refractivity contribution is 7.13. The van der Waals surface area contributed by atoms with Crippen molar-refractivity contribution in [3.05, 3.63) is 29.7 Å². The van der Waals surface area contributed by atoms with Crippen LogP contribution in [0.15, 0.2) is 24.0 Å². The third-order valence-electron chi connectivity index (χ3n) is 4.41. The monoisotopic (exact) mass is 329 g/mol. The minimum absolute atomic E-state index is 0.0287. The third kappa shape index (κ3) is 3.34.